The van der Waals surface area contributed by atoms with Crippen LogP contribution in [0.5, 0.6) is 5.75 Å². The topological polar surface area (TPSA) is 66.9 Å². The number of amides is 1. The zero-order valence-corrected chi connectivity index (χ0v) is 15.7. The quantitative estimate of drug-likeness (QED) is 0.791. The molecule has 2 atom stereocenters. The Morgan fingerprint density at radius 2 is 1.96 bits per heavy atom. The molecule has 2 aliphatic heterocycles. The number of sulfonamides is 1. The SMILES string of the molecule is COc1cc(Cl)c(S(=O)(=O)N2C[C@H]3CCCN3C(=O)[C@H]2C)cc1Cl. The fourth-order valence-corrected chi connectivity index (χ4v) is 5.79. The first-order valence-electron chi connectivity index (χ1n) is 7.62. The summed E-state index contributed by atoms with van der Waals surface area (Å²) in [4.78, 5) is 14.2. The van der Waals surface area contributed by atoms with E-state index < -0.39 is 16.1 Å². The minimum Gasteiger partial charge on any atom is -0.495 e. The summed E-state index contributed by atoms with van der Waals surface area (Å²) in [7, 11) is -2.52. The van der Waals surface area contributed by atoms with Gasteiger partial charge in [-0.1, -0.05) is 23.2 Å². The average molecular weight is 393 g/mol. The Labute approximate surface area is 151 Å². The summed E-state index contributed by atoms with van der Waals surface area (Å²) in [5.74, 6) is 0.133. The van der Waals surface area contributed by atoms with Crippen LogP contribution in [0.1, 0.15) is 19.8 Å². The van der Waals surface area contributed by atoms with Crippen LogP contribution in [0.2, 0.25) is 10.0 Å². The van der Waals surface area contributed by atoms with Crippen LogP contribution in [0.25, 0.3) is 0 Å². The van der Waals surface area contributed by atoms with Crippen molar-refractivity contribution in [1.29, 1.82) is 0 Å². The lowest BCUT2D eigenvalue weighted by atomic mass is 10.1. The Balaban J connectivity index is 2.01. The highest BCUT2D eigenvalue weighted by Crippen LogP contribution is 2.37. The monoisotopic (exact) mass is 392 g/mol. The maximum Gasteiger partial charge on any atom is 0.245 e. The van der Waals surface area contributed by atoms with Crippen LogP contribution in [0.3, 0.4) is 0 Å². The average Bonchev–Trinajstić information content (AvgIpc) is 3.01. The fraction of sp³-hybridized carbons (Fsp3) is 0.533. The summed E-state index contributed by atoms with van der Waals surface area (Å²) < 4.78 is 32.4. The van der Waals surface area contributed by atoms with Crippen molar-refractivity contribution in [2.24, 2.45) is 0 Å². The Morgan fingerprint density at radius 1 is 1.25 bits per heavy atom. The van der Waals surface area contributed by atoms with Crippen molar-refractivity contribution < 1.29 is 17.9 Å². The minimum atomic E-state index is -3.95. The van der Waals surface area contributed by atoms with Crippen molar-refractivity contribution in [3.05, 3.63) is 22.2 Å². The van der Waals surface area contributed by atoms with Gasteiger partial charge in [-0.05, 0) is 25.8 Å². The van der Waals surface area contributed by atoms with Crippen molar-refractivity contribution in [1.82, 2.24) is 9.21 Å². The molecule has 0 bridgehead atoms. The summed E-state index contributed by atoms with van der Waals surface area (Å²) in [5, 5.41) is 0.170. The minimum absolute atomic E-state index is 0.0183. The molecule has 24 heavy (non-hydrogen) atoms. The molecule has 0 unspecified atom stereocenters. The van der Waals surface area contributed by atoms with Gasteiger partial charge in [0.05, 0.1) is 17.2 Å². The molecule has 0 aliphatic carbocycles. The number of rotatable bonds is 3. The molecular formula is C15H18Cl2N2O4S. The zero-order valence-electron chi connectivity index (χ0n) is 13.3. The van der Waals surface area contributed by atoms with E-state index >= 15 is 0 Å². The van der Waals surface area contributed by atoms with E-state index in [0.29, 0.717) is 12.3 Å². The highest BCUT2D eigenvalue weighted by molar-refractivity contribution is 7.89. The Hall–Kier alpha value is -1.02. The van der Waals surface area contributed by atoms with E-state index in [2.05, 4.69) is 0 Å². The van der Waals surface area contributed by atoms with E-state index in [9.17, 15) is 13.2 Å². The second-order valence-corrected chi connectivity index (χ2v) is 8.67. The third-order valence-corrected chi connectivity index (χ3v) is 7.33. The molecule has 6 nitrogen and oxygen atoms in total. The summed E-state index contributed by atoms with van der Waals surface area (Å²) in [6.45, 7) is 2.57. The zero-order chi connectivity index (χ0) is 17.6. The molecule has 0 spiro atoms. The van der Waals surface area contributed by atoms with Crippen LogP contribution < -0.4 is 4.74 Å². The number of ether oxygens (including phenoxy) is 1. The number of hydrogen-bond acceptors (Lipinski definition) is 4. The van der Waals surface area contributed by atoms with Gasteiger partial charge < -0.3 is 9.64 Å². The molecule has 0 N–H and O–H groups in total. The largest absolute Gasteiger partial charge is 0.495 e. The van der Waals surface area contributed by atoms with E-state index in [4.69, 9.17) is 27.9 Å². The molecule has 2 saturated heterocycles. The molecule has 1 aromatic carbocycles. The van der Waals surface area contributed by atoms with Gasteiger partial charge >= 0.3 is 0 Å². The summed E-state index contributed by atoms with van der Waals surface area (Å²) in [6.07, 6.45) is 1.70. The van der Waals surface area contributed by atoms with Gasteiger partial charge in [0.25, 0.3) is 0 Å². The van der Waals surface area contributed by atoms with Gasteiger partial charge in [-0.25, -0.2) is 8.42 Å². The number of carbonyl (C=O) groups excluding carboxylic acids is 1. The number of piperazine rings is 1. The summed E-state index contributed by atoms with van der Waals surface area (Å²) in [5.41, 5.74) is 0. The molecule has 0 saturated carbocycles. The van der Waals surface area contributed by atoms with Crippen LogP contribution in [0.4, 0.5) is 0 Å². The lowest BCUT2D eigenvalue weighted by Crippen LogP contribution is -2.59. The van der Waals surface area contributed by atoms with Crippen LogP contribution in [-0.2, 0) is 14.8 Å². The number of fused-ring (bicyclic) bond motifs is 1. The first-order chi connectivity index (χ1) is 11.3. The van der Waals surface area contributed by atoms with Crippen molar-refractivity contribution in [2.45, 2.75) is 36.7 Å². The Bertz CT molecular complexity index is 784. The second kappa shape index (κ2) is 6.37. The molecule has 3 rings (SSSR count). The van der Waals surface area contributed by atoms with Gasteiger partial charge in [0.2, 0.25) is 15.9 Å². The van der Waals surface area contributed by atoms with Crippen LogP contribution >= 0.6 is 23.2 Å². The summed E-state index contributed by atoms with van der Waals surface area (Å²) >= 11 is 12.2. The normalized spacial score (nSPS) is 25.0. The van der Waals surface area contributed by atoms with Gasteiger partial charge in [0, 0.05) is 25.2 Å². The standard InChI is InChI=1S/C15H18Cl2N2O4S/c1-9-15(20)18-5-3-4-10(18)8-19(9)24(21,22)14-7-11(16)13(23-2)6-12(14)17/h6-7,9-10H,3-5,8H2,1-2H3/t9-,10-/m1/s1. The maximum absolute atomic E-state index is 13.1. The predicted molar refractivity (Wildman–Crippen MR) is 91.1 cm³/mol. The van der Waals surface area contributed by atoms with E-state index in [-0.39, 0.29) is 33.4 Å². The molecule has 2 fully saturated rings. The highest BCUT2D eigenvalue weighted by Gasteiger charge is 2.45. The molecule has 0 aromatic heterocycles. The first kappa shape index (κ1) is 17.8. The Kier molecular flexibility index (Phi) is 4.72. The molecule has 2 aliphatic rings. The van der Waals surface area contributed by atoms with Gasteiger partial charge in [-0.2, -0.15) is 4.31 Å². The number of methoxy groups -OCH3 is 1. The van der Waals surface area contributed by atoms with Crippen molar-refractivity contribution >= 4 is 39.1 Å². The Morgan fingerprint density at radius 3 is 2.62 bits per heavy atom. The van der Waals surface area contributed by atoms with Crippen LogP contribution in [0, 0.1) is 0 Å². The number of hydrogen-bond donors (Lipinski definition) is 0. The van der Waals surface area contributed by atoms with E-state index in [1.54, 1.807) is 11.8 Å². The number of halogens is 2. The van der Waals surface area contributed by atoms with Crippen LogP contribution in [-0.4, -0.2) is 55.8 Å². The van der Waals surface area contributed by atoms with Crippen LogP contribution in [0.15, 0.2) is 17.0 Å². The lowest BCUT2D eigenvalue weighted by molar-refractivity contribution is -0.139. The first-order valence-corrected chi connectivity index (χ1v) is 9.82. The second-order valence-electron chi connectivity index (χ2n) is 6.00. The molecule has 2 heterocycles. The third kappa shape index (κ3) is 2.77. The fourth-order valence-electron chi connectivity index (χ4n) is 3.34. The molecule has 1 aromatic rings. The predicted octanol–water partition coefficient (Wildman–Crippen LogP) is 2.39. The van der Waals surface area contributed by atoms with E-state index in [0.717, 1.165) is 12.8 Å². The van der Waals surface area contributed by atoms with Gasteiger partial charge in [-0.15, -0.1) is 0 Å². The van der Waals surface area contributed by atoms with Crippen molar-refractivity contribution in [2.75, 3.05) is 20.2 Å². The smallest absolute Gasteiger partial charge is 0.245 e. The van der Waals surface area contributed by atoms with Gasteiger partial charge in [0.15, 0.2) is 0 Å². The summed E-state index contributed by atoms with van der Waals surface area (Å²) in [6, 6.07) is 1.81. The lowest BCUT2D eigenvalue weighted by Gasteiger charge is -2.40. The highest BCUT2D eigenvalue weighted by atomic mass is 35.5. The number of benzene rings is 1. The molecular weight excluding hydrogens is 375 g/mol. The number of carbonyl (C=O) groups is 1. The van der Waals surface area contributed by atoms with E-state index in [1.165, 1.54) is 23.5 Å². The molecule has 9 heteroatoms. The molecule has 132 valence electrons. The van der Waals surface area contributed by atoms with E-state index in [1.807, 2.05) is 0 Å². The van der Waals surface area contributed by atoms with Crippen molar-refractivity contribution in [3.63, 3.8) is 0 Å². The van der Waals surface area contributed by atoms with Crippen molar-refractivity contribution in [3.8, 4) is 5.75 Å². The van der Waals surface area contributed by atoms with Gasteiger partial charge in [-0.3, -0.25) is 4.79 Å². The molecule has 0 radical (unpaired) electrons. The number of nitrogens with zero attached hydrogens (tertiary/aromatic N) is 2. The van der Waals surface area contributed by atoms with Gasteiger partial charge in [0.1, 0.15) is 16.7 Å². The molecule has 1 amide bonds. The maximum atomic E-state index is 13.1. The third-order valence-electron chi connectivity index (χ3n) is 4.63.